The maximum absolute atomic E-state index is 15.0. The molecule has 6 rings (SSSR count). The second kappa shape index (κ2) is 15.6. The molecule has 1 N–H and O–H groups in total. The molecule has 1 saturated heterocycles. The highest BCUT2D eigenvalue weighted by Crippen LogP contribution is 2.43. The second-order valence-electron chi connectivity index (χ2n) is 15.1. The fourth-order valence-corrected chi connectivity index (χ4v) is 7.35. The van der Waals surface area contributed by atoms with Gasteiger partial charge < -0.3 is 19.7 Å². The minimum absolute atomic E-state index is 0.0310. The SMILES string of the molecule is Cc1ccc(CCN(C(=O)C2=C(c3ccc(CCOc4c(C)ccc(C)c4C)cc3)CC3CNCC2N3C(=O)OC(C)(C)C(Cl)(Cl)Cl)C2CC2)cc1. The van der Waals surface area contributed by atoms with E-state index in [-0.39, 0.29) is 18.0 Å². The minimum Gasteiger partial charge on any atom is -0.493 e. The summed E-state index contributed by atoms with van der Waals surface area (Å²) in [6.45, 7) is 13.6. The summed E-state index contributed by atoms with van der Waals surface area (Å²) in [5.74, 6) is 0.923. The van der Waals surface area contributed by atoms with Gasteiger partial charge in [0.25, 0.3) is 5.91 Å². The van der Waals surface area contributed by atoms with Gasteiger partial charge in [-0.25, -0.2) is 4.79 Å². The van der Waals surface area contributed by atoms with Gasteiger partial charge in [0.2, 0.25) is 3.79 Å². The number of benzene rings is 3. The third-order valence-corrected chi connectivity index (χ3v) is 12.2. The molecular formula is C42H50Cl3N3O4. The quantitative estimate of drug-likeness (QED) is 0.198. The summed E-state index contributed by atoms with van der Waals surface area (Å²) in [4.78, 5) is 32.7. The number of amides is 2. The van der Waals surface area contributed by atoms with E-state index in [2.05, 4.69) is 93.7 Å². The normalized spacial score (nSPS) is 19.1. The van der Waals surface area contributed by atoms with Crippen LogP contribution < -0.4 is 10.1 Å². The van der Waals surface area contributed by atoms with Gasteiger partial charge in [-0.15, -0.1) is 0 Å². The van der Waals surface area contributed by atoms with Crippen LogP contribution in [0.4, 0.5) is 4.79 Å². The summed E-state index contributed by atoms with van der Waals surface area (Å²) in [6, 6.07) is 20.5. The number of aryl methyl sites for hydroxylation is 3. The van der Waals surface area contributed by atoms with Gasteiger partial charge in [0.15, 0.2) is 5.60 Å². The molecule has 10 heteroatoms. The van der Waals surface area contributed by atoms with Crippen LogP contribution in [-0.2, 0) is 22.4 Å². The van der Waals surface area contributed by atoms with Crippen LogP contribution in [0.3, 0.4) is 0 Å². The van der Waals surface area contributed by atoms with Crippen LogP contribution in [0.25, 0.3) is 5.57 Å². The molecule has 0 aromatic heterocycles. The van der Waals surface area contributed by atoms with Gasteiger partial charge in [0, 0.05) is 37.7 Å². The average Bonchev–Trinajstić information content (AvgIpc) is 3.93. The number of carbonyl (C=O) groups excluding carboxylic acids is 2. The first kappa shape index (κ1) is 38.5. The smallest absolute Gasteiger partial charge is 0.411 e. The van der Waals surface area contributed by atoms with Gasteiger partial charge >= 0.3 is 6.09 Å². The van der Waals surface area contributed by atoms with E-state index < -0.39 is 21.5 Å². The number of rotatable bonds is 11. The fourth-order valence-electron chi connectivity index (χ4n) is 7.23. The molecule has 0 spiro atoms. The molecule has 1 saturated carbocycles. The fraction of sp³-hybridized carbons (Fsp3) is 0.476. The minimum atomic E-state index is -1.84. The Labute approximate surface area is 323 Å². The molecule has 7 nitrogen and oxygen atoms in total. The van der Waals surface area contributed by atoms with Crippen molar-refractivity contribution in [2.24, 2.45) is 0 Å². The maximum atomic E-state index is 15.0. The first-order chi connectivity index (χ1) is 24.6. The third kappa shape index (κ3) is 8.44. The van der Waals surface area contributed by atoms with E-state index in [1.165, 1.54) is 22.3 Å². The van der Waals surface area contributed by atoms with Gasteiger partial charge in [0.05, 0.1) is 18.7 Å². The molecule has 2 atom stereocenters. The van der Waals surface area contributed by atoms with Crippen molar-refractivity contribution in [3.05, 3.63) is 105 Å². The molecule has 278 valence electrons. The van der Waals surface area contributed by atoms with E-state index in [1.807, 2.05) is 4.90 Å². The van der Waals surface area contributed by atoms with Crippen molar-refractivity contribution in [3.63, 3.8) is 0 Å². The van der Waals surface area contributed by atoms with Gasteiger partial charge in [-0.1, -0.05) is 101 Å². The van der Waals surface area contributed by atoms with E-state index in [4.69, 9.17) is 44.3 Å². The van der Waals surface area contributed by atoms with Crippen LogP contribution in [0.1, 0.15) is 72.1 Å². The predicted molar refractivity (Wildman–Crippen MR) is 211 cm³/mol. The Morgan fingerprint density at radius 3 is 2.15 bits per heavy atom. The highest BCUT2D eigenvalue weighted by atomic mass is 35.6. The summed E-state index contributed by atoms with van der Waals surface area (Å²) in [7, 11) is 0. The van der Waals surface area contributed by atoms with Crippen LogP contribution in [0.15, 0.2) is 66.2 Å². The molecule has 52 heavy (non-hydrogen) atoms. The Morgan fingerprint density at radius 1 is 0.865 bits per heavy atom. The molecule has 3 aromatic carbocycles. The lowest BCUT2D eigenvalue weighted by molar-refractivity contribution is -0.128. The van der Waals surface area contributed by atoms with E-state index in [0.29, 0.717) is 38.2 Å². The van der Waals surface area contributed by atoms with Crippen LogP contribution in [0.5, 0.6) is 5.75 Å². The lowest BCUT2D eigenvalue weighted by Gasteiger charge is -2.48. The molecule has 3 aromatic rings. The molecule has 2 amide bonds. The Bertz CT molecular complexity index is 1810. The first-order valence-corrected chi connectivity index (χ1v) is 19.4. The number of alkyl halides is 3. The number of ether oxygens (including phenoxy) is 2. The van der Waals surface area contributed by atoms with Crippen molar-refractivity contribution < 1.29 is 19.1 Å². The van der Waals surface area contributed by atoms with E-state index >= 15 is 0 Å². The maximum Gasteiger partial charge on any atom is 0.411 e. The zero-order chi connectivity index (χ0) is 37.4. The molecule has 2 fully saturated rings. The predicted octanol–water partition coefficient (Wildman–Crippen LogP) is 8.86. The highest BCUT2D eigenvalue weighted by Gasteiger charge is 2.50. The number of fused-ring (bicyclic) bond motifs is 2. The topological polar surface area (TPSA) is 71.1 Å². The largest absolute Gasteiger partial charge is 0.493 e. The molecule has 2 heterocycles. The van der Waals surface area contributed by atoms with E-state index in [0.717, 1.165) is 53.7 Å². The van der Waals surface area contributed by atoms with Gasteiger partial charge in [-0.05, 0) is 106 Å². The van der Waals surface area contributed by atoms with Gasteiger partial charge in [0.1, 0.15) is 5.75 Å². The molecule has 2 bridgehead atoms. The third-order valence-electron chi connectivity index (χ3n) is 10.8. The van der Waals surface area contributed by atoms with Crippen molar-refractivity contribution >= 4 is 52.4 Å². The number of halogens is 3. The second-order valence-corrected chi connectivity index (χ2v) is 17.4. The molecule has 2 unspecified atom stereocenters. The Kier molecular flexibility index (Phi) is 11.6. The van der Waals surface area contributed by atoms with Crippen molar-refractivity contribution in [1.29, 1.82) is 0 Å². The van der Waals surface area contributed by atoms with Crippen molar-refractivity contribution in [3.8, 4) is 5.75 Å². The summed E-state index contributed by atoms with van der Waals surface area (Å²) in [5.41, 5.74) is 8.25. The lowest BCUT2D eigenvalue weighted by atomic mass is 9.81. The monoisotopic (exact) mass is 765 g/mol. The molecule has 1 aliphatic carbocycles. The Balaban J connectivity index is 1.30. The van der Waals surface area contributed by atoms with E-state index in [9.17, 15) is 9.59 Å². The van der Waals surface area contributed by atoms with Gasteiger partial charge in [-0.2, -0.15) is 0 Å². The average molecular weight is 767 g/mol. The molecular weight excluding hydrogens is 717 g/mol. The zero-order valence-corrected chi connectivity index (χ0v) is 33.3. The van der Waals surface area contributed by atoms with Crippen molar-refractivity contribution in [2.45, 2.75) is 101 Å². The summed E-state index contributed by atoms with van der Waals surface area (Å²) in [6.07, 6.45) is 3.33. The Hall–Kier alpha value is -3.23. The van der Waals surface area contributed by atoms with E-state index in [1.54, 1.807) is 18.7 Å². The summed E-state index contributed by atoms with van der Waals surface area (Å²) in [5, 5.41) is 3.48. The number of piperazine rings is 1. The molecule has 0 radical (unpaired) electrons. The zero-order valence-electron chi connectivity index (χ0n) is 31.0. The van der Waals surface area contributed by atoms with Crippen molar-refractivity contribution in [1.82, 2.24) is 15.1 Å². The summed E-state index contributed by atoms with van der Waals surface area (Å²) >= 11 is 18.7. The standard InChI is InChI=1S/C42H50Cl3N3O4/c1-26-7-11-30(12-8-26)19-21-47(33-17-18-33)39(49)37-35(23-34-24-46-25-36(37)48(34)40(50)52-41(5,6)42(43,44)45)32-15-13-31(14-16-32)20-22-51-38-28(3)10-9-27(2)29(38)4/h7-16,33-34,36,46H,17-25H2,1-6H3. The van der Waals surface area contributed by atoms with Crippen LogP contribution in [0.2, 0.25) is 0 Å². The number of nitrogens with one attached hydrogen (secondary N) is 1. The number of hydrogen-bond acceptors (Lipinski definition) is 5. The highest BCUT2D eigenvalue weighted by molar-refractivity contribution is 6.68. The van der Waals surface area contributed by atoms with Gasteiger partial charge in [-0.3, -0.25) is 9.69 Å². The van der Waals surface area contributed by atoms with Crippen LogP contribution >= 0.6 is 34.8 Å². The first-order valence-electron chi connectivity index (χ1n) is 18.3. The number of nitrogens with zero attached hydrogens (tertiary/aromatic N) is 2. The summed E-state index contributed by atoms with van der Waals surface area (Å²) < 4.78 is 10.3. The van der Waals surface area contributed by atoms with Crippen LogP contribution in [-0.4, -0.2) is 75.6 Å². The number of hydrogen-bond donors (Lipinski definition) is 1. The Morgan fingerprint density at radius 2 is 1.50 bits per heavy atom. The van der Waals surface area contributed by atoms with Crippen molar-refractivity contribution in [2.75, 3.05) is 26.2 Å². The molecule has 3 aliphatic rings. The number of carbonyl (C=O) groups is 2. The lowest BCUT2D eigenvalue weighted by Crippen LogP contribution is -2.64. The van der Waals surface area contributed by atoms with Crippen LogP contribution in [0, 0.1) is 27.7 Å². The molecule has 2 aliphatic heterocycles.